The van der Waals surface area contributed by atoms with Crippen molar-refractivity contribution in [3.05, 3.63) is 59.2 Å². The largest absolute Gasteiger partial charge is 0.350 e. The SMILES string of the molecule is CC(c1cc(F)c(-c2ccc(C#N)cc2)c(F)c1)C1OCCO1. The fourth-order valence-corrected chi connectivity index (χ4v) is 2.67. The third-order valence-corrected chi connectivity index (χ3v) is 3.95. The standard InChI is InChI=1S/C18H15F2NO2/c1-11(18-22-6-7-23-18)14-8-15(19)17(16(20)9-14)13-4-2-12(10-21)3-5-13/h2-5,8-9,11,18H,6-7H2,1H3. The molecule has 0 bridgehead atoms. The van der Waals surface area contributed by atoms with Crippen LogP contribution in [-0.4, -0.2) is 19.5 Å². The molecule has 2 aromatic rings. The van der Waals surface area contributed by atoms with E-state index in [9.17, 15) is 8.78 Å². The van der Waals surface area contributed by atoms with Crippen molar-refractivity contribution >= 4 is 0 Å². The summed E-state index contributed by atoms with van der Waals surface area (Å²) in [6.07, 6.45) is -0.477. The van der Waals surface area contributed by atoms with Crippen molar-refractivity contribution in [1.82, 2.24) is 0 Å². The number of rotatable bonds is 3. The number of hydrogen-bond donors (Lipinski definition) is 0. The number of benzene rings is 2. The Hall–Kier alpha value is -2.29. The van der Waals surface area contributed by atoms with Gasteiger partial charge in [0, 0.05) is 5.92 Å². The highest BCUT2D eigenvalue weighted by atomic mass is 19.1. The topological polar surface area (TPSA) is 42.2 Å². The molecule has 0 N–H and O–H groups in total. The van der Waals surface area contributed by atoms with E-state index in [0.717, 1.165) is 0 Å². The molecule has 1 saturated heterocycles. The fraction of sp³-hybridized carbons (Fsp3) is 0.278. The van der Waals surface area contributed by atoms with Crippen molar-refractivity contribution < 1.29 is 18.3 Å². The second-order valence-corrected chi connectivity index (χ2v) is 5.45. The molecule has 1 unspecified atom stereocenters. The van der Waals surface area contributed by atoms with Crippen LogP contribution < -0.4 is 0 Å². The van der Waals surface area contributed by atoms with E-state index in [1.165, 1.54) is 36.4 Å². The van der Waals surface area contributed by atoms with Gasteiger partial charge in [-0.25, -0.2) is 8.78 Å². The van der Waals surface area contributed by atoms with Gasteiger partial charge in [0.2, 0.25) is 0 Å². The van der Waals surface area contributed by atoms with Gasteiger partial charge in [-0.1, -0.05) is 19.1 Å². The first-order valence-corrected chi connectivity index (χ1v) is 7.33. The molecule has 3 rings (SSSR count). The van der Waals surface area contributed by atoms with Crippen LogP contribution in [0.2, 0.25) is 0 Å². The van der Waals surface area contributed by atoms with E-state index >= 15 is 0 Å². The van der Waals surface area contributed by atoms with Crippen LogP contribution in [0.1, 0.15) is 24.0 Å². The van der Waals surface area contributed by atoms with Gasteiger partial charge in [-0.05, 0) is 35.4 Å². The van der Waals surface area contributed by atoms with Gasteiger partial charge in [0.15, 0.2) is 6.29 Å². The van der Waals surface area contributed by atoms with Crippen LogP contribution in [0.15, 0.2) is 36.4 Å². The monoisotopic (exact) mass is 315 g/mol. The number of ether oxygens (including phenoxy) is 2. The average molecular weight is 315 g/mol. The quantitative estimate of drug-likeness (QED) is 0.860. The maximum absolute atomic E-state index is 14.4. The Morgan fingerprint density at radius 1 is 1.09 bits per heavy atom. The van der Waals surface area contributed by atoms with Gasteiger partial charge in [-0.3, -0.25) is 0 Å². The van der Waals surface area contributed by atoms with Crippen LogP contribution in [0.5, 0.6) is 0 Å². The van der Waals surface area contributed by atoms with Crippen LogP contribution >= 0.6 is 0 Å². The Balaban J connectivity index is 1.95. The molecular formula is C18H15F2NO2. The van der Waals surface area contributed by atoms with Crippen molar-refractivity contribution in [2.75, 3.05) is 13.2 Å². The van der Waals surface area contributed by atoms with E-state index < -0.39 is 17.9 Å². The lowest BCUT2D eigenvalue weighted by atomic mass is 9.95. The van der Waals surface area contributed by atoms with E-state index in [-0.39, 0.29) is 11.5 Å². The van der Waals surface area contributed by atoms with E-state index in [2.05, 4.69) is 0 Å². The predicted octanol–water partition coefficient (Wildman–Crippen LogP) is 3.98. The number of nitrogens with zero attached hydrogens (tertiary/aromatic N) is 1. The van der Waals surface area contributed by atoms with Gasteiger partial charge in [-0.2, -0.15) is 5.26 Å². The van der Waals surface area contributed by atoms with E-state index in [1.54, 1.807) is 0 Å². The van der Waals surface area contributed by atoms with Gasteiger partial charge >= 0.3 is 0 Å². The lowest BCUT2D eigenvalue weighted by Crippen LogP contribution is -2.17. The molecule has 0 aromatic heterocycles. The van der Waals surface area contributed by atoms with Crippen LogP contribution in [-0.2, 0) is 9.47 Å². The predicted molar refractivity (Wildman–Crippen MR) is 80.6 cm³/mol. The molecule has 0 amide bonds. The summed E-state index contributed by atoms with van der Waals surface area (Å²) >= 11 is 0. The maximum atomic E-state index is 14.4. The summed E-state index contributed by atoms with van der Waals surface area (Å²) in [5.74, 6) is -1.55. The molecular weight excluding hydrogens is 300 g/mol. The molecule has 0 aliphatic carbocycles. The van der Waals surface area contributed by atoms with Gasteiger partial charge in [0.25, 0.3) is 0 Å². The van der Waals surface area contributed by atoms with Gasteiger partial charge in [0.05, 0.1) is 30.4 Å². The van der Waals surface area contributed by atoms with Gasteiger partial charge in [0.1, 0.15) is 11.6 Å². The summed E-state index contributed by atoms with van der Waals surface area (Å²) in [6.45, 7) is 2.79. The van der Waals surface area contributed by atoms with Gasteiger partial charge < -0.3 is 9.47 Å². The minimum absolute atomic E-state index is 0.0984. The Morgan fingerprint density at radius 3 is 2.17 bits per heavy atom. The van der Waals surface area contributed by atoms with E-state index in [0.29, 0.717) is 29.9 Å². The molecule has 0 saturated carbocycles. The van der Waals surface area contributed by atoms with Crippen molar-refractivity contribution in [3.8, 4) is 17.2 Å². The zero-order valence-corrected chi connectivity index (χ0v) is 12.6. The number of halogens is 2. The van der Waals surface area contributed by atoms with E-state index in [4.69, 9.17) is 14.7 Å². The van der Waals surface area contributed by atoms with Crippen LogP contribution in [0.25, 0.3) is 11.1 Å². The van der Waals surface area contributed by atoms with Crippen LogP contribution in [0, 0.1) is 23.0 Å². The van der Waals surface area contributed by atoms with Crippen molar-refractivity contribution in [2.45, 2.75) is 19.1 Å². The normalized spacial score (nSPS) is 16.3. The third-order valence-electron chi connectivity index (χ3n) is 3.95. The molecule has 1 fully saturated rings. The highest BCUT2D eigenvalue weighted by Crippen LogP contribution is 2.32. The Bertz CT molecular complexity index is 724. The summed E-state index contributed by atoms with van der Waals surface area (Å²) in [6, 6.07) is 10.7. The molecule has 1 atom stereocenters. The lowest BCUT2D eigenvalue weighted by molar-refractivity contribution is -0.0571. The molecule has 118 valence electrons. The highest BCUT2D eigenvalue weighted by molar-refractivity contribution is 5.66. The molecule has 0 radical (unpaired) electrons. The van der Waals surface area contributed by atoms with E-state index in [1.807, 2.05) is 13.0 Å². The fourth-order valence-electron chi connectivity index (χ4n) is 2.67. The Morgan fingerprint density at radius 2 is 1.65 bits per heavy atom. The molecule has 2 aromatic carbocycles. The molecule has 1 aliphatic rings. The number of hydrogen-bond acceptors (Lipinski definition) is 3. The third kappa shape index (κ3) is 3.09. The molecule has 23 heavy (non-hydrogen) atoms. The van der Waals surface area contributed by atoms with Crippen molar-refractivity contribution in [1.29, 1.82) is 5.26 Å². The Kier molecular flexibility index (Phi) is 4.37. The van der Waals surface area contributed by atoms with Gasteiger partial charge in [-0.15, -0.1) is 0 Å². The summed E-state index contributed by atoms with van der Waals surface area (Å²) in [7, 11) is 0. The minimum Gasteiger partial charge on any atom is -0.350 e. The molecule has 1 aliphatic heterocycles. The van der Waals surface area contributed by atoms with Crippen LogP contribution in [0.3, 0.4) is 0 Å². The average Bonchev–Trinajstić information content (AvgIpc) is 3.08. The summed E-state index contributed by atoms with van der Waals surface area (Å²) in [4.78, 5) is 0. The second kappa shape index (κ2) is 6.45. The smallest absolute Gasteiger partial charge is 0.164 e. The number of nitriles is 1. The minimum atomic E-state index is -0.644. The molecule has 5 heteroatoms. The summed E-state index contributed by atoms with van der Waals surface area (Å²) in [5, 5.41) is 8.79. The molecule has 0 spiro atoms. The highest BCUT2D eigenvalue weighted by Gasteiger charge is 2.26. The molecule has 1 heterocycles. The zero-order valence-electron chi connectivity index (χ0n) is 12.6. The summed E-state index contributed by atoms with van der Waals surface area (Å²) in [5.41, 5.74) is 1.23. The first-order chi connectivity index (χ1) is 11.1. The Labute approximate surface area is 133 Å². The zero-order chi connectivity index (χ0) is 16.4. The second-order valence-electron chi connectivity index (χ2n) is 5.45. The molecule has 3 nitrogen and oxygen atoms in total. The summed E-state index contributed by atoms with van der Waals surface area (Å²) < 4.78 is 39.7. The van der Waals surface area contributed by atoms with Crippen molar-refractivity contribution in [2.24, 2.45) is 0 Å². The van der Waals surface area contributed by atoms with Crippen molar-refractivity contribution in [3.63, 3.8) is 0 Å². The van der Waals surface area contributed by atoms with Crippen LogP contribution in [0.4, 0.5) is 8.78 Å². The first kappa shape index (κ1) is 15.6. The maximum Gasteiger partial charge on any atom is 0.164 e. The lowest BCUT2D eigenvalue weighted by Gasteiger charge is -2.19. The first-order valence-electron chi connectivity index (χ1n) is 7.33.